The fraction of sp³-hybridized carbons (Fsp3) is 0.306. The molecule has 0 bridgehead atoms. The first-order chi connectivity index (χ1) is 22.2. The Labute approximate surface area is 272 Å². The predicted octanol–water partition coefficient (Wildman–Crippen LogP) is 7.32. The Morgan fingerprint density at radius 1 is 1.11 bits per heavy atom. The molecule has 3 N–H and O–H groups in total. The van der Waals surface area contributed by atoms with Crippen LogP contribution in [-0.2, 0) is 15.3 Å². The summed E-state index contributed by atoms with van der Waals surface area (Å²) in [5.41, 5.74) is 5.46. The van der Waals surface area contributed by atoms with Gasteiger partial charge in [-0.05, 0) is 60.7 Å². The van der Waals surface area contributed by atoms with E-state index in [1.54, 1.807) is 42.4 Å². The molecule has 238 valence electrons. The normalized spacial score (nSPS) is 17.1. The number of hydrogen-bond donors (Lipinski definition) is 3. The van der Waals surface area contributed by atoms with Crippen molar-refractivity contribution >= 4 is 34.8 Å². The summed E-state index contributed by atoms with van der Waals surface area (Å²) in [6, 6.07) is 20.8. The molecule has 0 saturated carbocycles. The quantitative estimate of drug-likeness (QED) is 0.157. The zero-order valence-corrected chi connectivity index (χ0v) is 27.0. The molecule has 1 aromatic heterocycles. The number of amides is 1. The summed E-state index contributed by atoms with van der Waals surface area (Å²) >= 11 is 1.70. The summed E-state index contributed by atoms with van der Waals surface area (Å²) in [7, 11) is 0. The number of aryl methyl sites for hydroxylation is 1. The van der Waals surface area contributed by atoms with E-state index in [2.05, 4.69) is 34.4 Å². The number of aromatic nitrogens is 2. The first-order valence-corrected chi connectivity index (χ1v) is 16.6. The Morgan fingerprint density at radius 2 is 1.89 bits per heavy atom. The zero-order valence-electron chi connectivity index (χ0n) is 26.2. The van der Waals surface area contributed by atoms with Crippen LogP contribution in [0.4, 0.5) is 15.8 Å². The van der Waals surface area contributed by atoms with E-state index in [-0.39, 0.29) is 29.4 Å². The van der Waals surface area contributed by atoms with Gasteiger partial charge in [0.25, 0.3) is 0 Å². The maximum Gasteiger partial charge on any atom is 0.239 e. The Hall–Kier alpha value is -4.57. The first kappa shape index (κ1) is 31.4. The first-order valence-electron chi connectivity index (χ1n) is 15.4. The third kappa shape index (κ3) is 6.97. The van der Waals surface area contributed by atoms with Crippen LogP contribution in [0, 0.1) is 18.2 Å². The van der Waals surface area contributed by atoms with Gasteiger partial charge in [0.1, 0.15) is 5.75 Å². The molecule has 2 heterocycles. The number of rotatable bonds is 10. The number of H-pyrrole nitrogens is 1. The Morgan fingerprint density at radius 3 is 2.67 bits per heavy atom. The summed E-state index contributed by atoms with van der Waals surface area (Å²) in [6.07, 6.45) is 2.70. The largest absolute Gasteiger partial charge is 0.454 e. The Balaban J connectivity index is 1.33. The number of thioether (sulfide) groups is 1. The molecule has 6 rings (SSSR count). The van der Waals surface area contributed by atoms with Crippen molar-refractivity contribution in [3.8, 4) is 11.5 Å². The van der Waals surface area contributed by atoms with Crippen molar-refractivity contribution in [2.45, 2.75) is 45.4 Å². The molecule has 46 heavy (non-hydrogen) atoms. The minimum absolute atomic E-state index is 0.00174. The van der Waals surface area contributed by atoms with Gasteiger partial charge in [-0.1, -0.05) is 50.2 Å². The fourth-order valence-corrected chi connectivity index (χ4v) is 7.01. The average molecular weight is 640 g/mol. The summed E-state index contributed by atoms with van der Waals surface area (Å²) in [6.45, 7) is 6.64. The molecule has 0 saturated heterocycles. The van der Waals surface area contributed by atoms with Crippen molar-refractivity contribution in [3.05, 3.63) is 113 Å². The van der Waals surface area contributed by atoms with Crippen LogP contribution in [0.15, 0.2) is 90.4 Å². The molecule has 10 heteroatoms. The van der Waals surface area contributed by atoms with E-state index in [0.29, 0.717) is 36.3 Å². The predicted molar refractivity (Wildman–Crippen MR) is 181 cm³/mol. The summed E-state index contributed by atoms with van der Waals surface area (Å²) in [5.74, 6) is 1.34. The molecular formula is C36H38FN5O3S. The molecule has 1 unspecified atom stereocenters. The van der Waals surface area contributed by atoms with Crippen molar-refractivity contribution in [1.29, 1.82) is 0 Å². The van der Waals surface area contributed by atoms with Crippen LogP contribution < -0.4 is 20.3 Å². The number of allylic oxidation sites excluding steroid dienone is 1. The Bertz CT molecular complexity index is 1770. The maximum atomic E-state index is 15.2. The van der Waals surface area contributed by atoms with Gasteiger partial charge in [0, 0.05) is 41.4 Å². The van der Waals surface area contributed by atoms with Gasteiger partial charge in [-0.25, -0.2) is 9.37 Å². The Kier molecular flexibility index (Phi) is 9.17. The molecule has 4 aromatic rings. The number of anilines is 2. The van der Waals surface area contributed by atoms with Gasteiger partial charge in [-0.3, -0.25) is 9.59 Å². The lowest BCUT2D eigenvalue weighted by molar-refractivity contribution is -0.120. The number of fused-ring (bicyclic) bond motifs is 1. The topological polar surface area (TPSA) is 99.4 Å². The molecule has 0 fully saturated rings. The summed E-state index contributed by atoms with van der Waals surface area (Å²) in [4.78, 5) is 37.0. The minimum Gasteiger partial charge on any atom is -0.454 e. The lowest BCUT2D eigenvalue weighted by Crippen LogP contribution is -2.42. The van der Waals surface area contributed by atoms with Crippen LogP contribution in [0.25, 0.3) is 0 Å². The van der Waals surface area contributed by atoms with E-state index in [0.717, 1.165) is 40.0 Å². The van der Waals surface area contributed by atoms with Gasteiger partial charge in [-0.15, -0.1) is 0 Å². The number of ether oxygens (including phenoxy) is 1. The second kappa shape index (κ2) is 13.4. The molecule has 0 radical (unpaired) electrons. The van der Waals surface area contributed by atoms with Crippen LogP contribution >= 0.6 is 11.8 Å². The van der Waals surface area contributed by atoms with E-state index in [1.165, 1.54) is 6.07 Å². The van der Waals surface area contributed by atoms with Gasteiger partial charge >= 0.3 is 0 Å². The highest BCUT2D eigenvalue weighted by molar-refractivity contribution is 7.98. The van der Waals surface area contributed by atoms with E-state index in [9.17, 15) is 9.59 Å². The number of imidazole rings is 1. The number of carbonyl (C=O) groups excluding carboxylic acids is 2. The molecule has 1 aliphatic carbocycles. The van der Waals surface area contributed by atoms with Crippen molar-refractivity contribution in [2.24, 2.45) is 5.41 Å². The number of nitrogens with zero attached hydrogens (tertiary/aromatic N) is 2. The summed E-state index contributed by atoms with van der Waals surface area (Å²) in [5, 5.41) is 6.62. The van der Waals surface area contributed by atoms with E-state index >= 15 is 4.39 Å². The van der Waals surface area contributed by atoms with Crippen molar-refractivity contribution < 1.29 is 18.7 Å². The highest BCUT2D eigenvalue weighted by Gasteiger charge is 2.42. The number of halogens is 1. The van der Waals surface area contributed by atoms with E-state index < -0.39 is 11.9 Å². The molecular weight excluding hydrogens is 601 g/mol. The monoisotopic (exact) mass is 639 g/mol. The summed E-state index contributed by atoms with van der Waals surface area (Å²) < 4.78 is 21.1. The second-order valence-electron chi connectivity index (χ2n) is 12.5. The number of benzene rings is 3. The molecule has 1 amide bonds. The second-order valence-corrected chi connectivity index (χ2v) is 13.6. The third-order valence-corrected chi connectivity index (χ3v) is 9.27. The molecule has 2 aliphatic rings. The van der Waals surface area contributed by atoms with Gasteiger partial charge in [-0.2, -0.15) is 11.8 Å². The van der Waals surface area contributed by atoms with Gasteiger partial charge < -0.3 is 25.3 Å². The van der Waals surface area contributed by atoms with Crippen molar-refractivity contribution in [2.75, 3.05) is 29.1 Å². The molecule has 0 spiro atoms. The average Bonchev–Trinajstić information content (AvgIpc) is 3.37. The van der Waals surface area contributed by atoms with Crippen LogP contribution in [0.2, 0.25) is 0 Å². The smallest absolute Gasteiger partial charge is 0.239 e. The molecule has 8 nitrogen and oxygen atoms in total. The van der Waals surface area contributed by atoms with Crippen LogP contribution in [0.5, 0.6) is 11.5 Å². The minimum atomic E-state index is -0.656. The van der Waals surface area contributed by atoms with Crippen molar-refractivity contribution in [1.82, 2.24) is 15.3 Å². The number of carbonyl (C=O) groups is 2. The highest BCUT2D eigenvalue weighted by atomic mass is 32.2. The third-order valence-electron chi connectivity index (χ3n) is 8.30. The number of para-hydroxylation sites is 3. The number of Topliss-reactive ketones (excluding diaryl/α,β-unsaturated/α-hetero) is 1. The fourth-order valence-electron chi connectivity index (χ4n) is 6.13. The van der Waals surface area contributed by atoms with Gasteiger partial charge in [0.05, 0.1) is 36.0 Å². The number of nitrogens with one attached hydrogen (secondary N) is 3. The van der Waals surface area contributed by atoms with Gasteiger partial charge in [0.15, 0.2) is 17.3 Å². The number of aromatic amines is 1. The lowest BCUT2D eigenvalue weighted by atomic mass is 9.73. The zero-order chi connectivity index (χ0) is 32.3. The maximum absolute atomic E-state index is 15.2. The lowest BCUT2D eigenvalue weighted by Gasteiger charge is -2.38. The van der Waals surface area contributed by atoms with Crippen LogP contribution in [0.1, 0.15) is 49.7 Å². The van der Waals surface area contributed by atoms with Crippen molar-refractivity contribution in [3.63, 3.8) is 0 Å². The van der Waals surface area contributed by atoms with Gasteiger partial charge in [0.2, 0.25) is 5.91 Å². The standard InChI is InChI=1S/C36H38FN5O3S/c1-23-29(40-22-39-23)21-46-16-15-38-33(44)20-42-30-12-8-7-11-27(30)41-28-18-36(2,3)19-31(43)34(28)35(42)24-13-14-26(37)32(17-24)45-25-9-5-4-6-10-25/h4-14,17,22,35,41H,15-16,18-21H2,1-3H3,(H,38,44)(H,39,40). The highest BCUT2D eigenvalue weighted by Crippen LogP contribution is 2.48. The molecule has 1 aliphatic heterocycles. The molecule has 1 atom stereocenters. The van der Waals surface area contributed by atoms with E-state index in [4.69, 9.17) is 4.74 Å². The van der Waals surface area contributed by atoms with Crippen LogP contribution in [-0.4, -0.2) is 40.5 Å². The molecule has 3 aromatic carbocycles. The number of hydrogen-bond acceptors (Lipinski definition) is 7. The van der Waals surface area contributed by atoms with E-state index in [1.807, 2.05) is 54.3 Å². The van der Waals surface area contributed by atoms with Crippen LogP contribution in [0.3, 0.4) is 0 Å². The SMILES string of the molecule is Cc1[nH]cnc1CSCCNC(=O)CN1c2ccccc2NC2=C(C(=O)CC(C)(C)C2)C1c1ccc(F)c(Oc2ccccc2)c1. The number of ketones is 1.